The van der Waals surface area contributed by atoms with E-state index in [1.54, 1.807) is 0 Å². The fourth-order valence-electron chi connectivity index (χ4n) is 9.12. The van der Waals surface area contributed by atoms with Gasteiger partial charge in [0, 0.05) is 19.3 Å². The lowest BCUT2D eigenvalue weighted by molar-refractivity contribution is -0.167. The molecule has 0 aliphatic heterocycles. The van der Waals surface area contributed by atoms with Crippen molar-refractivity contribution in [2.75, 3.05) is 13.2 Å². The molecule has 0 bridgehead atoms. The highest BCUT2D eigenvalue weighted by Crippen LogP contribution is 2.17. The van der Waals surface area contributed by atoms with E-state index in [0.29, 0.717) is 19.3 Å². The summed E-state index contributed by atoms with van der Waals surface area (Å²) in [4.78, 5) is 37.9. The molecule has 6 nitrogen and oxygen atoms in total. The molecule has 0 radical (unpaired) electrons. The normalized spacial score (nSPS) is 12.4. The molecule has 0 aromatic carbocycles. The summed E-state index contributed by atoms with van der Waals surface area (Å²) in [5.41, 5.74) is 0. The number of ether oxygens (including phenoxy) is 3. The molecule has 0 saturated carbocycles. The lowest BCUT2D eigenvalue weighted by Gasteiger charge is -2.18. The fraction of sp³-hybridized carbons (Fsp3) is 0.803. The van der Waals surface area contributed by atoms with E-state index in [-0.39, 0.29) is 31.1 Å². The number of carbonyl (C=O) groups is 3. The van der Waals surface area contributed by atoms with E-state index in [1.807, 2.05) is 0 Å². The number of hydrogen-bond donors (Lipinski definition) is 0. The molecule has 0 aromatic rings. The molecule has 0 heterocycles. The summed E-state index contributed by atoms with van der Waals surface area (Å²) in [6.07, 6.45) is 77.1. The summed E-state index contributed by atoms with van der Waals surface area (Å²) in [5.74, 6) is -0.866. The van der Waals surface area contributed by atoms with Gasteiger partial charge in [-0.15, -0.1) is 0 Å². The Morgan fingerprint density at radius 2 is 0.542 bits per heavy atom. The Bertz CT molecular complexity index is 1290. The van der Waals surface area contributed by atoms with Gasteiger partial charge < -0.3 is 14.2 Å². The number of allylic oxidation sites excluding steroid dienone is 10. The zero-order valence-electron chi connectivity index (χ0n) is 47.9. The van der Waals surface area contributed by atoms with E-state index in [0.717, 1.165) is 96.3 Å². The van der Waals surface area contributed by atoms with Crippen molar-refractivity contribution >= 4 is 17.9 Å². The first kappa shape index (κ1) is 69.1. The third-order valence-electron chi connectivity index (χ3n) is 13.8. The fourth-order valence-corrected chi connectivity index (χ4v) is 9.12. The summed E-state index contributed by atoms with van der Waals surface area (Å²) < 4.78 is 16.8. The first-order chi connectivity index (χ1) is 35.5. The summed E-state index contributed by atoms with van der Waals surface area (Å²) in [5, 5.41) is 0. The first-order valence-corrected chi connectivity index (χ1v) is 31.3. The van der Waals surface area contributed by atoms with Gasteiger partial charge in [0.15, 0.2) is 6.10 Å². The maximum Gasteiger partial charge on any atom is 0.306 e. The van der Waals surface area contributed by atoms with Crippen LogP contribution in [0.25, 0.3) is 0 Å². The van der Waals surface area contributed by atoms with E-state index in [4.69, 9.17) is 14.2 Å². The van der Waals surface area contributed by atoms with Crippen LogP contribution in [0, 0.1) is 0 Å². The van der Waals surface area contributed by atoms with Crippen molar-refractivity contribution in [2.45, 2.75) is 329 Å². The minimum Gasteiger partial charge on any atom is -0.462 e. The number of esters is 3. The second-order valence-corrected chi connectivity index (χ2v) is 21.0. The smallest absolute Gasteiger partial charge is 0.306 e. The largest absolute Gasteiger partial charge is 0.462 e. The molecule has 0 aromatic heterocycles. The van der Waals surface area contributed by atoms with Gasteiger partial charge in [0.05, 0.1) is 0 Å². The van der Waals surface area contributed by atoms with Crippen LogP contribution in [0.15, 0.2) is 60.8 Å². The molecule has 1 atom stereocenters. The average molecular weight is 1010 g/mol. The van der Waals surface area contributed by atoms with Crippen LogP contribution in [-0.4, -0.2) is 37.2 Å². The summed E-state index contributed by atoms with van der Waals surface area (Å²) in [6.45, 7) is 6.49. The van der Waals surface area contributed by atoms with Crippen LogP contribution in [0.3, 0.4) is 0 Å². The second-order valence-electron chi connectivity index (χ2n) is 21.0. The van der Waals surface area contributed by atoms with Crippen LogP contribution in [0.4, 0.5) is 0 Å². The van der Waals surface area contributed by atoms with Gasteiger partial charge in [0.2, 0.25) is 0 Å². The van der Waals surface area contributed by atoms with Crippen LogP contribution in [-0.2, 0) is 28.6 Å². The zero-order valence-corrected chi connectivity index (χ0v) is 47.9. The maximum atomic E-state index is 12.8. The molecule has 418 valence electrons. The lowest BCUT2D eigenvalue weighted by Crippen LogP contribution is -2.30. The average Bonchev–Trinajstić information content (AvgIpc) is 3.38. The first-order valence-electron chi connectivity index (χ1n) is 31.3. The van der Waals surface area contributed by atoms with Crippen LogP contribution in [0.5, 0.6) is 0 Å². The van der Waals surface area contributed by atoms with Crippen LogP contribution < -0.4 is 0 Å². The molecule has 0 rings (SSSR count). The van der Waals surface area contributed by atoms with Gasteiger partial charge in [-0.2, -0.15) is 0 Å². The van der Waals surface area contributed by atoms with Crippen molar-refractivity contribution < 1.29 is 28.6 Å². The minimum atomic E-state index is -0.766. The third kappa shape index (κ3) is 58.0. The Balaban J connectivity index is 3.97. The molecule has 0 aliphatic rings. The topological polar surface area (TPSA) is 78.9 Å². The Morgan fingerprint density at radius 3 is 0.847 bits per heavy atom. The Hall–Kier alpha value is -2.89. The molecule has 1 unspecified atom stereocenters. The van der Waals surface area contributed by atoms with Gasteiger partial charge in [-0.25, -0.2) is 0 Å². The molecule has 0 N–H and O–H groups in total. The Kier molecular flexibility index (Phi) is 58.2. The molecule has 0 spiro atoms. The van der Waals surface area contributed by atoms with E-state index in [9.17, 15) is 14.4 Å². The number of rotatable bonds is 57. The summed E-state index contributed by atoms with van der Waals surface area (Å²) in [6, 6.07) is 0. The monoisotopic (exact) mass is 1010 g/mol. The van der Waals surface area contributed by atoms with Crippen LogP contribution in [0.2, 0.25) is 0 Å². The molecule has 6 heteroatoms. The molecule has 0 amide bonds. The van der Waals surface area contributed by atoms with Crippen molar-refractivity contribution in [1.82, 2.24) is 0 Å². The molecule has 72 heavy (non-hydrogen) atoms. The van der Waals surface area contributed by atoms with Crippen molar-refractivity contribution in [3.05, 3.63) is 60.8 Å². The lowest BCUT2D eigenvalue weighted by atomic mass is 10.0. The highest BCUT2D eigenvalue weighted by atomic mass is 16.6. The van der Waals surface area contributed by atoms with Crippen LogP contribution in [0.1, 0.15) is 323 Å². The standard InChI is InChI=1S/C66H118O6/c1-4-7-10-13-15-17-19-21-23-25-27-28-29-30-31-32-33-34-35-36-37-38-39-41-42-44-46-48-50-53-56-59-65(68)71-62-63(61-70-64(67)58-55-52-12-9-6-3)72-66(69)60-57-54-51-49-47-45-43-40-26-24-22-20-18-16-14-11-8-5-2/h7,10,15,17,21,23,27-28,30-31,63H,4-6,8-9,11-14,16,18-20,22,24-26,29,32-62H2,1-3H3/b10-7-,17-15-,23-21-,28-27-,31-30-. The number of unbranched alkanes of at least 4 members (excludes halogenated alkanes) is 36. The van der Waals surface area contributed by atoms with Crippen molar-refractivity contribution in [2.24, 2.45) is 0 Å². The van der Waals surface area contributed by atoms with E-state index >= 15 is 0 Å². The predicted molar refractivity (Wildman–Crippen MR) is 312 cm³/mol. The Labute approximate surface area is 447 Å². The van der Waals surface area contributed by atoms with Crippen molar-refractivity contribution in [3.8, 4) is 0 Å². The molecular formula is C66H118O6. The Morgan fingerprint density at radius 1 is 0.292 bits per heavy atom. The highest BCUT2D eigenvalue weighted by molar-refractivity contribution is 5.71. The summed E-state index contributed by atoms with van der Waals surface area (Å²) in [7, 11) is 0. The van der Waals surface area contributed by atoms with Gasteiger partial charge in [0.25, 0.3) is 0 Å². The maximum absolute atomic E-state index is 12.8. The zero-order chi connectivity index (χ0) is 52.2. The van der Waals surface area contributed by atoms with Crippen molar-refractivity contribution in [3.63, 3.8) is 0 Å². The van der Waals surface area contributed by atoms with E-state index in [1.165, 1.54) is 186 Å². The van der Waals surface area contributed by atoms with Crippen LogP contribution >= 0.6 is 0 Å². The SMILES string of the molecule is CC/C=C\C/C=C\C/C=C\C/C=C\C/C=C\CCCCCCCCCCCCCCCCCC(=O)OCC(COC(=O)CCCCCCC)OC(=O)CCCCCCCCCCCCCCCCCCCC. The predicted octanol–water partition coefficient (Wildman–Crippen LogP) is 21.2. The minimum absolute atomic E-state index is 0.0695. The van der Waals surface area contributed by atoms with Gasteiger partial charge in [-0.3, -0.25) is 14.4 Å². The third-order valence-corrected chi connectivity index (χ3v) is 13.8. The highest BCUT2D eigenvalue weighted by Gasteiger charge is 2.19. The van der Waals surface area contributed by atoms with Crippen molar-refractivity contribution in [1.29, 1.82) is 0 Å². The molecule has 0 saturated heterocycles. The molecule has 0 fully saturated rings. The van der Waals surface area contributed by atoms with E-state index in [2.05, 4.69) is 81.5 Å². The molecule has 0 aliphatic carbocycles. The molecular weight excluding hydrogens is 889 g/mol. The number of hydrogen-bond acceptors (Lipinski definition) is 6. The quantitative estimate of drug-likeness (QED) is 0.0261. The van der Waals surface area contributed by atoms with Gasteiger partial charge in [-0.1, -0.05) is 300 Å². The van der Waals surface area contributed by atoms with Gasteiger partial charge in [-0.05, 0) is 64.2 Å². The second kappa shape index (κ2) is 60.7. The summed E-state index contributed by atoms with van der Waals surface area (Å²) >= 11 is 0. The van der Waals surface area contributed by atoms with Gasteiger partial charge >= 0.3 is 17.9 Å². The number of carbonyl (C=O) groups excluding carboxylic acids is 3. The van der Waals surface area contributed by atoms with E-state index < -0.39 is 6.10 Å². The van der Waals surface area contributed by atoms with Gasteiger partial charge in [0.1, 0.15) is 13.2 Å².